The van der Waals surface area contributed by atoms with Gasteiger partial charge in [-0.3, -0.25) is 9.55 Å². The predicted molar refractivity (Wildman–Crippen MR) is 179 cm³/mol. The Kier molecular flexibility index (Phi) is 6.70. The summed E-state index contributed by atoms with van der Waals surface area (Å²) in [4.78, 5) is 23.9. The van der Waals surface area contributed by atoms with Crippen molar-refractivity contribution in [2.75, 3.05) is 0 Å². The monoisotopic (exact) mass is 578 g/mol. The Hall–Kier alpha value is -6.27. The molecule has 0 saturated heterocycles. The number of nitrogens with zero attached hydrogens (tertiary/aromatic N) is 6. The fraction of sp³-hybridized carbons (Fsp3) is 0. The molecule has 0 radical (unpaired) electrons. The number of pyridine rings is 1. The van der Waals surface area contributed by atoms with E-state index in [0.717, 1.165) is 55.9 Å². The van der Waals surface area contributed by atoms with Gasteiger partial charge in [0.1, 0.15) is 5.82 Å². The van der Waals surface area contributed by atoms with Crippen LogP contribution in [0.2, 0.25) is 0 Å². The van der Waals surface area contributed by atoms with Crippen LogP contribution in [0, 0.1) is 0 Å². The maximum atomic E-state index is 4.97. The molecule has 0 amide bonds. The molecule has 0 spiro atoms. The minimum Gasteiger partial charge on any atom is -0.292 e. The molecule has 0 aliphatic carbocycles. The van der Waals surface area contributed by atoms with E-state index < -0.39 is 0 Å². The molecular weight excluding hydrogens is 552 g/mol. The standard InChI is InChI=1S/C39H26N6/c1-3-11-28(12-4-1)36-42-37(29-13-5-2-6-14-29)44-38(43-36)30-22-20-27(21-23-30)31-15-9-17-33(25-31)45-35-19-8-7-18-34(35)41-39(45)32-16-10-24-40-26-32/h1-26H. The molecule has 0 unspecified atom stereocenters. The molecule has 212 valence electrons. The number of rotatable bonds is 6. The molecule has 6 heteroatoms. The molecule has 6 nitrogen and oxygen atoms in total. The SMILES string of the molecule is c1ccc(-c2nc(-c3ccccc3)nc(-c3ccc(-c4cccc(-n5c(-c6cccnc6)nc6ccccc65)c4)cc3)n2)cc1. The van der Waals surface area contributed by atoms with Crippen LogP contribution in [0.15, 0.2) is 158 Å². The van der Waals surface area contributed by atoms with Gasteiger partial charge in [-0.05, 0) is 47.5 Å². The normalized spacial score (nSPS) is 11.1. The van der Waals surface area contributed by atoms with Crippen molar-refractivity contribution in [3.05, 3.63) is 158 Å². The fourth-order valence-corrected chi connectivity index (χ4v) is 5.55. The highest BCUT2D eigenvalue weighted by atomic mass is 15.1. The van der Waals surface area contributed by atoms with Crippen molar-refractivity contribution >= 4 is 11.0 Å². The van der Waals surface area contributed by atoms with Crippen LogP contribution >= 0.6 is 0 Å². The zero-order valence-corrected chi connectivity index (χ0v) is 24.2. The first kappa shape index (κ1) is 26.4. The summed E-state index contributed by atoms with van der Waals surface area (Å²) in [5.41, 5.74) is 8.98. The molecule has 8 rings (SSSR count). The first-order valence-electron chi connectivity index (χ1n) is 14.8. The molecule has 8 aromatic rings. The largest absolute Gasteiger partial charge is 0.292 e. The van der Waals surface area contributed by atoms with Crippen LogP contribution in [0.1, 0.15) is 0 Å². The summed E-state index contributed by atoms with van der Waals surface area (Å²) < 4.78 is 2.20. The molecule has 3 heterocycles. The van der Waals surface area contributed by atoms with Gasteiger partial charge >= 0.3 is 0 Å². The fourth-order valence-electron chi connectivity index (χ4n) is 5.55. The van der Waals surface area contributed by atoms with E-state index in [1.807, 2.05) is 97.2 Å². The van der Waals surface area contributed by atoms with Crippen molar-refractivity contribution in [2.45, 2.75) is 0 Å². The quantitative estimate of drug-likeness (QED) is 0.197. The zero-order valence-electron chi connectivity index (χ0n) is 24.2. The van der Waals surface area contributed by atoms with Gasteiger partial charge in [0.05, 0.1) is 11.0 Å². The number of para-hydroxylation sites is 2. The molecule has 0 N–H and O–H groups in total. The van der Waals surface area contributed by atoms with Gasteiger partial charge in [0.25, 0.3) is 0 Å². The third kappa shape index (κ3) is 5.15. The lowest BCUT2D eigenvalue weighted by molar-refractivity contribution is 1.07. The molecule has 0 aliphatic rings. The molecule has 0 aliphatic heterocycles. The molecular formula is C39H26N6. The Labute approximate surface area is 260 Å². The summed E-state index contributed by atoms with van der Waals surface area (Å²) in [6.45, 7) is 0. The molecule has 0 fully saturated rings. The van der Waals surface area contributed by atoms with Gasteiger partial charge in [0.2, 0.25) is 0 Å². The second-order valence-corrected chi connectivity index (χ2v) is 10.7. The van der Waals surface area contributed by atoms with Crippen LogP contribution in [-0.2, 0) is 0 Å². The third-order valence-electron chi connectivity index (χ3n) is 7.76. The molecule has 0 bridgehead atoms. The van der Waals surface area contributed by atoms with Gasteiger partial charge in [0, 0.05) is 40.3 Å². The lowest BCUT2D eigenvalue weighted by Gasteiger charge is -2.12. The van der Waals surface area contributed by atoms with Crippen LogP contribution in [0.25, 0.3) is 73.4 Å². The molecule has 45 heavy (non-hydrogen) atoms. The van der Waals surface area contributed by atoms with E-state index in [2.05, 4.69) is 64.1 Å². The topological polar surface area (TPSA) is 69.4 Å². The molecule has 0 saturated carbocycles. The maximum absolute atomic E-state index is 4.97. The predicted octanol–water partition coefficient (Wildman–Crippen LogP) is 8.94. The van der Waals surface area contributed by atoms with Crippen molar-refractivity contribution in [1.82, 2.24) is 29.5 Å². The highest BCUT2D eigenvalue weighted by Crippen LogP contribution is 2.32. The smallest absolute Gasteiger partial charge is 0.164 e. The minimum absolute atomic E-state index is 0.633. The number of aromatic nitrogens is 6. The lowest BCUT2D eigenvalue weighted by Crippen LogP contribution is -2.00. The first-order valence-corrected chi connectivity index (χ1v) is 14.8. The Balaban J connectivity index is 1.18. The van der Waals surface area contributed by atoms with E-state index in [1.54, 1.807) is 6.20 Å². The van der Waals surface area contributed by atoms with Crippen LogP contribution < -0.4 is 0 Å². The summed E-state index contributed by atoms with van der Waals surface area (Å²) >= 11 is 0. The third-order valence-corrected chi connectivity index (χ3v) is 7.76. The van der Waals surface area contributed by atoms with E-state index in [9.17, 15) is 0 Å². The Morgan fingerprint density at radius 1 is 0.400 bits per heavy atom. The molecule has 5 aromatic carbocycles. The highest BCUT2D eigenvalue weighted by Gasteiger charge is 2.16. The van der Waals surface area contributed by atoms with Gasteiger partial charge in [-0.1, -0.05) is 109 Å². The molecule has 0 atom stereocenters. The molecule has 3 aromatic heterocycles. The van der Waals surface area contributed by atoms with Crippen LogP contribution in [0.3, 0.4) is 0 Å². The van der Waals surface area contributed by atoms with Gasteiger partial charge in [-0.15, -0.1) is 0 Å². The minimum atomic E-state index is 0.633. The van der Waals surface area contributed by atoms with Crippen LogP contribution in [-0.4, -0.2) is 29.5 Å². The van der Waals surface area contributed by atoms with Gasteiger partial charge < -0.3 is 0 Å². The van der Waals surface area contributed by atoms with Crippen LogP contribution in [0.5, 0.6) is 0 Å². The number of benzene rings is 5. The summed E-state index contributed by atoms with van der Waals surface area (Å²) in [7, 11) is 0. The Morgan fingerprint density at radius 2 is 0.956 bits per heavy atom. The van der Waals surface area contributed by atoms with Gasteiger partial charge in [-0.2, -0.15) is 0 Å². The lowest BCUT2D eigenvalue weighted by atomic mass is 10.0. The van der Waals surface area contributed by atoms with Crippen LogP contribution in [0.4, 0.5) is 0 Å². The van der Waals surface area contributed by atoms with Crippen molar-refractivity contribution in [1.29, 1.82) is 0 Å². The van der Waals surface area contributed by atoms with Crippen molar-refractivity contribution in [2.24, 2.45) is 0 Å². The van der Waals surface area contributed by atoms with E-state index in [4.69, 9.17) is 19.9 Å². The number of fused-ring (bicyclic) bond motifs is 1. The van der Waals surface area contributed by atoms with E-state index >= 15 is 0 Å². The van der Waals surface area contributed by atoms with E-state index in [1.165, 1.54) is 0 Å². The average molecular weight is 579 g/mol. The average Bonchev–Trinajstić information content (AvgIpc) is 3.53. The zero-order chi connectivity index (χ0) is 30.0. The Morgan fingerprint density at radius 3 is 1.60 bits per heavy atom. The summed E-state index contributed by atoms with van der Waals surface area (Å²) in [6.07, 6.45) is 3.64. The number of imidazole rings is 1. The van der Waals surface area contributed by atoms with Gasteiger partial charge in [0.15, 0.2) is 17.5 Å². The highest BCUT2D eigenvalue weighted by molar-refractivity contribution is 5.84. The van der Waals surface area contributed by atoms with Crippen molar-refractivity contribution < 1.29 is 0 Å². The van der Waals surface area contributed by atoms with E-state index in [0.29, 0.717) is 17.5 Å². The van der Waals surface area contributed by atoms with Crippen molar-refractivity contribution in [3.8, 4) is 62.4 Å². The van der Waals surface area contributed by atoms with Crippen molar-refractivity contribution in [3.63, 3.8) is 0 Å². The summed E-state index contributed by atoms with van der Waals surface area (Å²) in [5, 5.41) is 0. The van der Waals surface area contributed by atoms with Gasteiger partial charge in [-0.25, -0.2) is 19.9 Å². The number of hydrogen-bond acceptors (Lipinski definition) is 5. The maximum Gasteiger partial charge on any atom is 0.164 e. The van der Waals surface area contributed by atoms with E-state index in [-0.39, 0.29) is 0 Å². The number of hydrogen-bond donors (Lipinski definition) is 0. The summed E-state index contributed by atoms with van der Waals surface area (Å²) in [6, 6.07) is 49.2. The second-order valence-electron chi connectivity index (χ2n) is 10.7. The second kappa shape index (κ2) is 11.4. The first-order chi connectivity index (χ1) is 22.3. The summed E-state index contributed by atoms with van der Waals surface area (Å²) in [5.74, 6) is 2.78. The Bertz CT molecular complexity index is 2190.